The predicted octanol–water partition coefficient (Wildman–Crippen LogP) is 2.53. The summed E-state index contributed by atoms with van der Waals surface area (Å²) in [7, 11) is 1.72. The van der Waals surface area contributed by atoms with Crippen LogP contribution in [0.15, 0.2) is 46.7 Å². The summed E-state index contributed by atoms with van der Waals surface area (Å²) in [6.45, 7) is 4.68. The molecule has 1 aromatic carbocycles. The minimum Gasteiger partial charge on any atom is -0.405 e. The average Bonchev–Trinajstić information content (AvgIpc) is 3.07. The number of amides is 1. The smallest absolute Gasteiger partial charge is 0.255 e. The van der Waals surface area contributed by atoms with E-state index in [0.29, 0.717) is 41.4 Å². The molecule has 1 fully saturated rings. The molecule has 1 aromatic heterocycles. The number of carbonyl (C=O) groups excluding carboxylic acids is 1. The van der Waals surface area contributed by atoms with Gasteiger partial charge in [-0.3, -0.25) is 9.79 Å². The van der Waals surface area contributed by atoms with Gasteiger partial charge in [0, 0.05) is 43.3 Å². The van der Waals surface area contributed by atoms with Crippen LogP contribution in [0.1, 0.15) is 34.1 Å². The number of nitrogen functional groups attached to an aromatic ring is 1. The molecular weight excluding hydrogens is 378 g/mol. The fourth-order valence-corrected chi connectivity index (χ4v) is 3.36. The summed E-state index contributed by atoms with van der Waals surface area (Å²) in [5, 5.41) is 8.92. The summed E-state index contributed by atoms with van der Waals surface area (Å²) in [4.78, 5) is 26.4. The van der Waals surface area contributed by atoms with Crippen LogP contribution in [0.3, 0.4) is 0 Å². The molecule has 8 nitrogen and oxygen atoms in total. The van der Waals surface area contributed by atoms with Gasteiger partial charge in [0.2, 0.25) is 0 Å². The molecule has 0 saturated carbocycles. The highest BCUT2D eigenvalue weighted by molar-refractivity contribution is 6.12. The maximum Gasteiger partial charge on any atom is 0.255 e. The lowest BCUT2D eigenvalue weighted by molar-refractivity contribution is 0.0577. The largest absolute Gasteiger partial charge is 0.405 e. The van der Waals surface area contributed by atoms with Gasteiger partial charge >= 0.3 is 0 Å². The van der Waals surface area contributed by atoms with Gasteiger partial charge in [0.15, 0.2) is 0 Å². The van der Waals surface area contributed by atoms with Crippen molar-refractivity contribution in [1.82, 2.24) is 9.88 Å². The molecule has 2 aromatic rings. The maximum atomic E-state index is 12.7. The van der Waals surface area contributed by atoms with E-state index < -0.39 is 0 Å². The molecule has 30 heavy (non-hydrogen) atoms. The first-order chi connectivity index (χ1) is 14.4. The van der Waals surface area contributed by atoms with Crippen molar-refractivity contribution in [3.8, 4) is 6.07 Å². The first-order valence-corrected chi connectivity index (χ1v) is 9.57. The molecule has 1 aliphatic heterocycles. The second-order valence-corrected chi connectivity index (χ2v) is 7.18. The van der Waals surface area contributed by atoms with Gasteiger partial charge in [-0.25, -0.2) is 4.99 Å². The number of nitrogens with two attached hydrogens (primary N) is 2. The summed E-state index contributed by atoms with van der Waals surface area (Å²) in [6.07, 6.45) is 4.75. The molecule has 3 rings (SSSR count). The molecule has 1 saturated heterocycles. The molecular formula is C22H25N7O. The number of aliphatic imine (C=N–C) groups is 2. The van der Waals surface area contributed by atoms with E-state index >= 15 is 0 Å². The molecule has 1 aliphatic rings. The van der Waals surface area contributed by atoms with E-state index in [1.807, 2.05) is 26.0 Å². The number of nitrogens with one attached hydrogen (secondary N) is 1. The molecule has 0 aliphatic carbocycles. The molecule has 0 radical (unpaired) electrons. The van der Waals surface area contributed by atoms with Gasteiger partial charge < -0.3 is 21.4 Å². The van der Waals surface area contributed by atoms with E-state index in [4.69, 9.17) is 16.7 Å². The number of nitrogens with zero attached hydrogens (tertiary/aromatic N) is 4. The molecule has 0 spiro atoms. The Labute approximate surface area is 175 Å². The van der Waals surface area contributed by atoms with Crippen LogP contribution in [-0.2, 0) is 0 Å². The minimum absolute atomic E-state index is 0.0835. The van der Waals surface area contributed by atoms with Gasteiger partial charge in [-0.15, -0.1) is 0 Å². The minimum atomic E-state index is -0.0968. The normalized spacial score (nSPS) is 15.3. The highest BCUT2D eigenvalue weighted by atomic mass is 16.2. The molecule has 0 bridgehead atoms. The molecule has 5 N–H and O–H groups in total. The molecule has 154 valence electrons. The lowest BCUT2D eigenvalue weighted by Crippen LogP contribution is -2.49. The average molecular weight is 403 g/mol. The summed E-state index contributed by atoms with van der Waals surface area (Å²) in [5.74, 6) is -0.180. The number of carbonyl (C=O) groups is 1. The van der Waals surface area contributed by atoms with Crippen molar-refractivity contribution in [1.29, 1.82) is 5.26 Å². The standard InChI is InChI=1S/C22H25N7O/c1-13-18(22(30)29-11-15(9-24)12-29)10-27-21(13)20(6-7-23)28-16-4-5-17(14(2)26-3)19(25)8-16/h4-8,10,15,27H,11-12,23,25H2,1-3H3/b7-6-,26-14?,28-20?. The third kappa shape index (κ3) is 3.96. The highest BCUT2D eigenvalue weighted by Gasteiger charge is 2.32. The summed E-state index contributed by atoms with van der Waals surface area (Å²) < 4.78 is 0. The Kier molecular flexibility index (Phi) is 6.02. The maximum absolute atomic E-state index is 12.7. The van der Waals surface area contributed by atoms with Crippen molar-refractivity contribution in [2.75, 3.05) is 25.9 Å². The number of hydrogen-bond acceptors (Lipinski definition) is 6. The van der Waals surface area contributed by atoms with Crippen LogP contribution in [0.2, 0.25) is 0 Å². The van der Waals surface area contributed by atoms with Crippen LogP contribution in [0.25, 0.3) is 0 Å². The fourth-order valence-electron chi connectivity index (χ4n) is 3.36. The summed E-state index contributed by atoms with van der Waals surface area (Å²) >= 11 is 0. The number of H-pyrrole nitrogens is 1. The van der Waals surface area contributed by atoms with Crippen LogP contribution in [0.5, 0.6) is 0 Å². The van der Waals surface area contributed by atoms with Crippen molar-refractivity contribution in [2.24, 2.45) is 21.6 Å². The number of benzene rings is 1. The quantitative estimate of drug-likeness (QED) is 0.522. The van der Waals surface area contributed by atoms with Gasteiger partial charge in [-0.2, -0.15) is 5.26 Å². The number of allylic oxidation sites excluding steroid dienone is 1. The first-order valence-electron chi connectivity index (χ1n) is 9.57. The van der Waals surface area contributed by atoms with Crippen LogP contribution < -0.4 is 11.5 Å². The fraction of sp³-hybridized carbons (Fsp3) is 0.273. The van der Waals surface area contributed by atoms with Gasteiger partial charge in [0.1, 0.15) is 0 Å². The first kappa shape index (κ1) is 20.9. The number of nitriles is 1. The summed E-state index contributed by atoms with van der Waals surface area (Å²) in [6, 6.07) is 7.70. The van der Waals surface area contributed by atoms with E-state index in [-0.39, 0.29) is 11.8 Å². The van der Waals surface area contributed by atoms with Crippen molar-refractivity contribution >= 4 is 28.7 Å². The van der Waals surface area contributed by atoms with Crippen molar-refractivity contribution < 1.29 is 4.79 Å². The SMILES string of the molecule is CN=C(C)c1ccc(N=C(/C=C\N)c2[nH]cc(C(=O)N3CC(C#N)C3)c2C)cc1N. The third-order valence-corrected chi connectivity index (χ3v) is 5.24. The molecule has 8 heteroatoms. The second kappa shape index (κ2) is 8.66. The van der Waals surface area contributed by atoms with Crippen molar-refractivity contribution in [3.05, 3.63) is 59.1 Å². The number of rotatable bonds is 5. The van der Waals surface area contributed by atoms with Gasteiger partial charge in [0.05, 0.1) is 34.6 Å². The topological polar surface area (TPSA) is 137 Å². The van der Waals surface area contributed by atoms with Gasteiger partial charge in [-0.1, -0.05) is 0 Å². The van der Waals surface area contributed by atoms with E-state index in [2.05, 4.69) is 21.0 Å². The number of aromatic amines is 1. The Hall–Kier alpha value is -3.86. The lowest BCUT2D eigenvalue weighted by atomic mass is 10.00. The van der Waals surface area contributed by atoms with E-state index in [9.17, 15) is 4.79 Å². The third-order valence-electron chi connectivity index (χ3n) is 5.24. The molecule has 1 amide bonds. The number of aromatic nitrogens is 1. The van der Waals surface area contributed by atoms with Crippen LogP contribution in [0, 0.1) is 24.2 Å². The Balaban J connectivity index is 1.92. The zero-order valence-electron chi connectivity index (χ0n) is 17.3. The van der Waals surface area contributed by atoms with E-state index in [0.717, 1.165) is 16.8 Å². The van der Waals surface area contributed by atoms with Gasteiger partial charge in [0.25, 0.3) is 5.91 Å². The van der Waals surface area contributed by atoms with E-state index in [1.54, 1.807) is 30.3 Å². The van der Waals surface area contributed by atoms with Crippen molar-refractivity contribution in [2.45, 2.75) is 13.8 Å². The number of hydrogen-bond donors (Lipinski definition) is 3. The lowest BCUT2D eigenvalue weighted by Gasteiger charge is -2.35. The molecule has 0 atom stereocenters. The van der Waals surface area contributed by atoms with Crippen molar-refractivity contribution in [3.63, 3.8) is 0 Å². The highest BCUT2D eigenvalue weighted by Crippen LogP contribution is 2.25. The van der Waals surface area contributed by atoms with Crippen LogP contribution in [-0.4, -0.2) is 47.4 Å². The predicted molar refractivity (Wildman–Crippen MR) is 119 cm³/mol. The number of anilines is 1. The molecule has 2 heterocycles. The zero-order valence-corrected chi connectivity index (χ0v) is 17.3. The Morgan fingerprint density at radius 3 is 2.70 bits per heavy atom. The van der Waals surface area contributed by atoms with Crippen LogP contribution in [0.4, 0.5) is 11.4 Å². The van der Waals surface area contributed by atoms with E-state index in [1.165, 1.54) is 6.20 Å². The van der Waals surface area contributed by atoms with Crippen LogP contribution >= 0.6 is 0 Å². The molecule has 0 unspecified atom stereocenters. The Morgan fingerprint density at radius 2 is 2.10 bits per heavy atom. The Bertz CT molecular complexity index is 1100. The number of likely N-dealkylation sites (tertiary alicyclic amines) is 1. The monoisotopic (exact) mass is 403 g/mol. The summed E-state index contributed by atoms with van der Waals surface area (Å²) in [5.41, 5.74) is 17.4. The van der Waals surface area contributed by atoms with Gasteiger partial charge in [-0.05, 0) is 49.9 Å². The second-order valence-electron chi connectivity index (χ2n) is 7.18. The zero-order chi connectivity index (χ0) is 21.8. The Morgan fingerprint density at radius 1 is 1.37 bits per heavy atom.